The Morgan fingerprint density at radius 2 is 2.00 bits per heavy atom. The van der Waals surface area contributed by atoms with E-state index in [2.05, 4.69) is 34.2 Å². The molecule has 0 heterocycles. The summed E-state index contributed by atoms with van der Waals surface area (Å²) in [5.74, 6) is 0.798. The minimum Gasteiger partial charge on any atom is -0.397 e. The van der Waals surface area contributed by atoms with Crippen LogP contribution >= 0.6 is 15.9 Å². The van der Waals surface area contributed by atoms with Crippen molar-refractivity contribution < 1.29 is 0 Å². The lowest BCUT2D eigenvalue weighted by atomic mass is 9.84. The minimum atomic E-state index is 0.513. The second-order valence-electron chi connectivity index (χ2n) is 5.06. The Labute approximate surface area is 112 Å². The molecule has 1 atom stereocenters. The van der Waals surface area contributed by atoms with E-state index in [0.29, 0.717) is 6.04 Å². The molecular formula is C14H21BrN2. The number of nitrogens with two attached hydrogens (primary N) is 1. The minimum absolute atomic E-state index is 0.513. The van der Waals surface area contributed by atoms with E-state index in [1.807, 2.05) is 12.1 Å². The molecule has 0 amide bonds. The maximum absolute atomic E-state index is 6.01. The quantitative estimate of drug-likeness (QED) is 0.811. The number of hydrogen-bond donors (Lipinski definition) is 2. The first-order valence-corrected chi connectivity index (χ1v) is 7.27. The number of rotatable bonds is 3. The zero-order valence-electron chi connectivity index (χ0n) is 10.4. The SMILES string of the molecule is CC(Nc1ccc(Br)cc1N)C1CCCCC1. The van der Waals surface area contributed by atoms with Crippen molar-refractivity contribution in [2.24, 2.45) is 5.92 Å². The summed E-state index contributed by atoms with van der Waals surface area (Å²) in [5, 5.41) is 3.56. The first-order valence-electron chi connectivity index (χ1n) is 6.48. The van der Waals surface area contributed by atoms with Gasteiger partial charge in [0.15, 0.2) is 0 Å². The maximum Gasteiger partial charge on any atom is 0.0576 e. The van der Waals surface area contributed by atoms with E-state index in [-0.39, 0.29) is 0 Å². The molecule has 0 spiro atoms. The van der Waals surface area contributed by atoms with Crippen LogP contribution in [0.1, 0.15) is 39.0 Å². The van der Waals surface area contributed by atoms with Gasteiger partial charge in [0.1, 0.15) is 0 Å². The van der Waals surface area contributed by atoms with E-state index in [1.165, 1.54) is 32.1 Å². The van der Waals surface area contributed by atoms with Crippen molar-refractivity contribution in [3.8, 4) is 0 Å². The highest BCUT2D eigenvalue weighted by Gasteiger charge is 2.20. The van der Waals surface area contributed by atoms with Gasteiger partial charge in [0.2, 0.25) is 0 Å². The van der Waals surface area contributed by atoms with Crippen LogP contribution in [0.15, 0.2) is 22.7 Å². The van der Waals surface area contributed by atoms with Gasteiger partial charge in [0.05, 0.1) is 11.4 Å². The lowest BCUT2D eigenvalue weighted by Crippen LogP contribution is -2.28. The Morgan fingerprint density at radius 3 is 2.65 bits per heavy atom. The van der Waals surface area contributed by atoms with Gasteiger partial charge in [-0.3, -0.25) is 0 Å². The predicted molar refractivity (Wildman–Crippen MR) is 78.2 cm³/mol. The third-order valence-corrected chi connectivity index (χ3v) is 4.25. The van der Waals surface area contributed by atoms with Crippen molar-refractivity contribution in [2.45, 2.75) is 45.1 Å². The summed E-state index contributed by atoms with van der Waals surface area (Å²) < 4.78 is 1.03. The molecule has 94 valence electrons. The van der Waals surface area contributed by atoms with Gasteiger partial charge in [-0.2, -0.15) is 0 Å². The van der Waals surface area contributed by atoms with Crippen LogP contribution in [0.2, 0.25) is 0 Å². The van der Waals surface area contributed by atoms with E-state index in [9.17, 15) is 0 Å². The Morgan fingerprint density at radius 1 is 1.29 bits per heavy atom. The normalized spacial score (nSPS) is 18.9. The van der Waals surface area contributed by atoms with Gasteiger partial charge < -0.3 is 11.1 Å². The highest BCUT2D eigenvalue weighted by Crippen LogP contribution is 2.30. The van der Waals surface area contributed by atoms with Crippen LogP contribution < -0.4 is 11.1 Å². The lowest BCUT2D eigenvalue weighted by Gasteiger charge is -2.29. The Bertz CT molecular complexity index is 372. The monoisotopic (exact) mass is 296 g/mol. The van der Waals surface area contributed by atoms with Crippen molar-refractivity contribution in [1.82, 2.24) is 0 Å². The van der Waals surface area contributed by atoms with Crippen molar-refractivity contribution in [1.29, 1.82) is 0 Å². The third-order valence-electron chi connectivity index (χ3n) is 3.75. The number of hydrogen-bond acceptors (Lipinski definition) is 2. The molecule has 0 bridgehead atoms. The van der Waals surface area contributed by atoms with Gasteiger partial charge in [-0.05, 0) is 43.9 Å². The molecule has 0 saturated heterocycles. The topological polar surface area (TPSA) is 38.0 Å². The van der Waals surface area contributed by atoms with Gasteiger partial charge in [-0.1, -0.05) is 35.2 Å². The van der Waals surface area contributed by atoms with Crippen LogP contribution in [0.25, 0.3) is 0 Å². The molecule has 0 aliphatic heterocycles. The zero-order chi connectivity index (χ0) is 12.3. The second kappa shape index (κ2) is 5.76. The molecule has 0 aromatic heterocycles. The van der Waals surface area contributed by atoms with Gasteiger partial charge in [0, 0.05) is 10.5 Å². The number of halogens is 1. The summed E-state index contributed by atoms with van der Waals surface area (Å²) in [6.07, 6.45) is 6.87. The summed E-state index contributed by atoms with van der Waals surface area (Å²) in [6, 6.07) is 6.56. The molecule has 1 aliphatic carbocycles. The Balaban J connectivity index is 1.99. The van der Waals surface area contributed by atoms with E-state index >= 15 is 0 Å². The Kier molecular flexibility index (Phi) is 4.32. The first-order chi connectivity index (χ1) is 8.16. The van der Waals surface area contributed by atoms with Crippen molar-refractivity contribution >= 4 is 27.3 Å². The lowest BCUT2D eigenvalue weighted by molar-refractivity contribution is 0.328. The van der Waals surface area contributed by atoms with E-state index in [1.54, 1.807) is 0 Å². The number of benzene rings is 1. The average Bonchev–Trinajstić information content (AvgIpc) is 2.34. The van der Waals surface area contributed by atoms with E-state index in [0.717, 1.165) is 21.8 Å². The second-order valence-corrected chi connectivity index (χ2v) is 5.98. The summed E-state index contributed by atoms with van der Waals surface area (Å²) >= 11 is 3.43. The molecule has 1 aromatic carbocycles. The average molecular weight is 297 g/mol. The fourth-order valence-electron chi connectivity index (χ4n) is 2.66. The molecule has 3 N–H and O–H groups in total. The number of anilines is 2. The van der Waals surface area contributed by atoms with Crippen LogP contribution in [0.3, 0.4) is 0 Å². The molecular weight excluding hydrogens is 276 g/mol. The predicted octanol–water partition coefficient (Wildman–Crippen LogP) is 4.41. The molecule has 1 saturated carbocycles. The zero-order valence-corrected chi connectivity index (χ0v) is 12.0. The summed E-state index contributed by atoms with van der Waals surface area (Å²) in [7, 11) is 0. The van der Waals surface area contributed by atoms with Crippen LogP contribution in [0.4, 0.5) is 11.4 Å². The van der Waals surface area contributed by atoms with Crippen LogP contribution in [0.5, 0.6) is 0 Å². The smallest absolute Gasteiger partial charge is 0.0576 e. The standard InChI is InChI=1S/C14H21BrN2/c1-10(11-5-3-2-4-6-11)17-14-8-7-12(15)9-13(14)16/h7-11,17H,2-6,16H2,1H3. The summed E-state index contributed by atoms with van der Waals surface area (Å²) in [4.78, 5) is 0. The Hall–Kier alpha value is -0.700. The van der Waals surface area contributed by atoms with Gasteiger partial charge >= 0.3 is 0 Å². The molecule has 2 nitrogen and oxygen atoms in total. The highest BCUT2D eigenvalue weighted by atomic mass is 79.9. The molecule has 0 radical (unpaired) electrons. The van der Waals surface area contributed by atoms with Gasteiger partial charge in [-0.25, -0.2) is 0 Å². The van der Waals surface area contributed by atoms with Crippen LogP contribution in [-0.4, -0.2) is 6.04 Å². The molecule has 1 unspecified atom stereocenters. The van der Waals surface area contributed by atoms with Gasteiger partial charge in [0.25, 0.3) is 0 Å². The molecule has 2 rings (SSSR count). The summed E-state index contributed by atoms with van der Waals surface area (Å²) in [6.45, 7) is 2.28. The third kappa shape index (κ3) is 3.38. The van der Waals surface area contributed by atoms with Crippen molar-refractivity contribution in [3.05, 3.63) is 22.7 Å². The van der Waals surface area contributed by atoms with E-state index in [4.69, 9.17) is 5.73 Å². The number of nitrogen functional groups attached to an aromatic ring is 1. The fraction of sp³-hybridized carbons (Fsp3) is 0.571. The molecule has 3 heteroatoms. The fourth-order valence-corrected chi connectivity index (χ4v) is 3.04. The van der Waals surface area contributed by atoms with Crippen molar-refractivity contribution in [2.75, 3.05) is 11.1 Å². The van der Waals surface area contributed by atoms with Crippen molar-refractivity contribution in [3.63, 3.8) is 0 Å². The maximum atomic E-state index is 6.01. The summed E-state index contributed by atoms with van der Waals surface area (Å²) in [5.41, 5.74) is 7.89. The first kappa shape index (κ1) is 12.7. The van der Waals surface area contributed by atoms with Crippen LogP contribution in [0, 0.1) is 5.92 Å². The number of nitrogens with one attached hydrogen (secondary N) is 1. The molecule has 17 heavy (non-hydrogen) atoms. The largest absolute Gasteiger partial charge is 0.397 e. The van der Waals surface area contributed by atoms with Gasteiger partial charge in [-0.15, -0.1) is 0 Å². The molecule has 1 aromatic rings. The highest BCUT2D eigenvalue weighted by molar-refractivity contribution is 9.10. The van der Waals surface area contributed by atoms with Crippen LogP contribution in [-0.2, 0) is 0 Å². The molecule has 1 fully saturated rings. The molecule has 1 aliphatic rings. The van der Waals surface area contributed by atoms with E-state index < -0.39 is 0 Å².